The number of rotatable bonds is 4. The van der Waals surface area contributed by atoms with Gasteiger partial charge in [-0.2, -0.15) is 0 Å². The minimum absolute atomic E-state index is 0.627. The normalized spacial score (nSPS) is 39.1. The van der Waals surface area contributed by atoms with Crippen LogP contribution in [0, 0.1) is 0 Å². The highest BCUT2D eigenvalue weighted by atomic mass is 15.3. The van der Waals surface area contributed by atoms with Gasteiger partial charge in [0, 0.05) is 49.8 Å². The second-order valence-corrected chi connectivity index (χ2v) is 8.27. The van der Waals surface area contributed by atoms with Crippen molar-refractivity contribution in [1.82, 2.24) is 20.0 Å². The maximum absolute atomic E-state index is 3.85. The smallest absolute Gasteiger partial charge is 0.0238 e. The summed E-state index contributed by atoms with van der Waals surface area (Å²) in [5.74, 6) is 0. The van der Waals surface area contributed by atoms with E-state index in [1.807, 2.05) is 0 Å². The third-order valence-electron chi connectivity index (χ3n) is 6.09. The van der Waals surface area contributed by atoms with Gasteiger partial charge in [-0.1, -0.05) is 0 Å². The Hall–Kier alpha value is -0.160. The Morgan fingerprint density at radius 1 is 1.09 bits per heavy atom. The van der Waals surface area contributed by atoms with Gasteiger partial charge in [0.25, 0.3) is 0 Å². The van der Waals surface area contributed by atoms with E-state index < -0.39 is 0 Å². The highest BCUT2D eigenvalue weighted by Gasteiger charge is 2.36. The van der Waals surface area contributed by atoms with Crippen molar-refractivity contribution in [2.24, 2.45) is 0 Å². The molecule has 0 bridgehead atoms. The molecule has 3 aliphatic heterocycles. The summed E-state index contributed by atoms with van der Waals surface area (Å²) in [6.45, 7) is 13.4. The highest BCUT2D eigenvalue weighted by molar-refractivity contribution is 4.95. The van der Waals surface area contributed by atoms with Crippen molar-refractivity contribution in [3.05, 3.63) is 0 Å². The molecule has 0 amide bonds. The van der Waals surface area contributed by atoms with Gasteiger partial charge in [0.15, 0.2) is 0 Å². The lowest BCUT2D eigenvalue weighted by Crippen LogP contribution is -2.58. The third-order valence-corrected chi connectivity index (χ3v) is 6.09. The molecule has 1 N–H and O–H groups in total. The molecule has 3 fully saturated rings. The van der Waals surface area contributed by atoms with Gasteiger partial charge < -0.3 is 10.2 Å². The fraction of sp³-hybridized carbons (Fsp3) is 1.00. The fourth-order valence-corrected chi connectivity index (χ4v) is 4.81. The van der Waals surface area contributed by atoms with Crippen molar-refractivity contribution in [3.63, 3.8) is 0 Å². The number of likely N-dealkylation sites (N-methyl/N-ethyl adjacent to an activating group) is 1. The van der Waals surface area contributed by atoms with Crippen LogP contribution in [0.1, 0.15) is 46.5 Å². The van der Waals surface area contributed by atoms with Gasteiger partial charge in [0.1, 0.15) is 0 Å². The van der Waals surface area contributed by atoms with E-state index in [4.69, 9.17) is 0 Å². The largest absolute Gasteiger partial charge is 0.309 e. The topological polar surface area (TPSA) is 21.8 Å². The zero-order valence-corrected chi connectivity index (χ0v) is 15.1. The Labute approximate surface area is 137 Å². The first kappa shape index (κ1) is 16.7. The maximum atomic E-state index is 3.85. The van der Waals surface area contributed by atoms with Gasteiger partial charge in [0.2, 0.25) is 0 Å². The summed E-state index contributed by atoms with van der Waals surface area (Å²) in [6.07, 6.45) is 5.52. The second kappa shape index (κ2) is 7.16. The molecule has 0 aromatic rings. The molecule has 3 aliphatic rings. The van der Waals surface area contributed by atoms with Crippen LogP contribution in [0.15, 0.2) is 0 Å². The van der Waals surface area contributed by atoms with Gasteiger partial charge in [-0.25, -0.2) is 0 Å². The van der Waals surface area contributed by atoms with Gasteiger partial charge in [-0.05, 0) is 66.6 Å². The SMILES string of the molecule is CC1CN(C(C)C)CC(CC2CC(N3CCCC3)CN2C)N1. The predicted octanol–water partition coefficient (Wildman–Crippen LogP) is 1.62. The van der Waals surface area contributed by atoms with Crippen molar-refractivity contribution in [2.75, 3.05) is 39.8 Å². The minimum atomic E-state index is 0.627. The van der Waals surface area contributed by atoms with Gasteiger partial charge in [-0.3, -0.25) is 9.80 Å². The summed E-state index contributed by atoms with van der Waals surface area (Å²) in [5.41, 5.74) is 0. The Kier molecular flexibility index (Phi) is 5.43. The molecule has 3 heterocycles. The summed E-state index contributed by atoms with van der Waals surface area (Å²) >= 11 is 0. The quantitative estimate of drug-likeness (QED) is 0.852. The average molecular weight is 309 g/mol. The lowest BCUT2D eigenvalue weighted by atomic mass is 9.99. The summed E-state index contributed by atoms with van der Waals surface area (Å²) in [4.78, 5) is 8.02. The number of piperazine rings is 1. The van der Waals surface area contributed by atoms with Gasteiger partial charge in [-0.15, -0.1) is 0 Å². The van der Waals surface area contributed by atoms with Crippen LogP contribution in [0.2, 0.25) is 0 Å². The minimum Gasteiger partial charge on any atom is -0.309 e. The first-order valence-electron chi connectivity index (χ1n) is 9.47. The summed E-state index contributed by atoms with van der Waals surface area (Å²) in [5, 5.41) is 3.85. The molecular weight excluding hydrogens is 272 g/mol. The Morgan fingerprint density at radius 2 is 1.82 bits per heavy atom. The van der Waals surface area contributed by atoms with Crippen molar-refractivity contribution >= 4 is 0 Å². The van der Waals surface area contributed by atoms with E-state index in [-0.39, 0.29) is 0 Å². The molecule has 0 aliphatic carbocycles. The number of hydrogen-bond acceptors (Lipinski definition) is 4. The van der Waals surface area contributed by atoms with Crippen molar-refractivity contribution < 1.29 is 0 Å². The van der Waals surface area contributed by atoms with E-state index in [0.29, 0.717) is 18.1 Å². The fourth-order valence-electron chi connectivity index (χ4n) is 4.81. The van der Waals surface area contributed by atoms with Gasteiger partial charge >= 0.3 is 0 Å². The lowest BCUT2D eigenvalue weighted by molar-refractivity contribution is 0.118. The molecule has 22 heavy (non-hydrogen) atoms. The molecule has 4 nitrogen and oxygen atoms in total. The molecule has 0 saturated carbocycles. The Morgan fingerprint density at radius 3 is 2.50 bits per heavy atom. The van der Waals surface area contributed by atoms with E-state index >= 15 is 0 Å². The zero-order chi connectivity index (χ0) is 15.7. The Bertz CT molecular complexity index is 353. The van der Waals surface area contributed by atoms with Crippen LogP contribution in [-0.2, 0) is 0 Å². The van der Waals surface area contributed by atoms with Crippen LogP contribution < -0.4 is 5.32 Å². The molecule has 0 aromatic carbocycles. The van der Waals surface area contributed by atoms with E-state index in [2.05, 4.69) is 47.8 Å². The summed E-state index contributed by atoms with van der Waals surface area (Å²) < 4.78 is 0. The third kappa shape index (κ3) is 3.84. The van der Waals surface area contributed by atoms with Crippen LogP contribution in [0.25, 0.3) is 0 Å². The van der Waals surface area contributed by atoms with E-state index in [9.17, 15) is 0 Å². The first-order valence-corrected chi connectivity index (χ1v) is 9.47. The Balaban J connectivity index is 1.53. The van der Waals surface area contributed by atoms with Crippen LogP contribution in [0.3, 0.4) is 0 Å². The maximum Gasteiger partial charge on any atom is 0.0238 e. The average Bonchev–Trinajstić information content (AvgIpc) is 3.08. The van der Waals surface area contributed by atoms with Crippen molar-refractivity contribution in [1.29, 1.82) is 0 Å². The van der Waals surface area contributed by atoms with Crippen molar-refractivity contribution in [3.8, 4) is 0 Å². The molecule has 0 radical (unpaired) electrons. The van der Waals surface area contributed by atoms with Gasteiger partial charge in [0.05, 0.1) is 0 Å². The number of nitrogens with zero attached hydrogens (tertiary/aromatic N) is 3. The standard InChI is InChI=1S/C18H36N4/c1-14(2)22-11-15(3)19-16(12-22)9-17-10-18(13-20(17)4)21-7-5-6-8-21/h14-19H,5-13H2,1-4H3. The first-order chi connectivity index (χ1) is 10.5. The van der Waals surface area contributed by atoms with Crippen LogP contribution in [0.4, 0.5) is 0 Å². The number of nitrogens with one attached hydrogen (secondary N) is 1. The van der Waals surface area contributed by atoms with Crippen LogP contribution >= 0.6 is 0 Å². The molecular formula is C18H36N4. The van der Waals surface area contributed by atoms with Crippen LogP contribution in [0.5, 0.6) is 0 Å². The summed E-state index contributed by atoms with van der Waals surface area (Å²) in [6, 6.07) is 3.55. The predicted molar refractivity (Wildman–Crippen MR) is 93.3 cm³/mol. The second-order valence-electron chi connectivity index (χ2n) is 8.27. The summed E-state index contributed by atoms with van der Waals surface area (Å²) in [7, 11) is 2.34. The molecule has 3 rings (SSSR count). The van der Waals surface area contributed by atoms with Crippen molar-refractivity contribution in [2.45, 2.75) is 76.7 Å². The van der Waals surface area contributed by atoms with E-state index in [1.54, 1.807) is 0 Å². The van der Waals surface area contributed by atoms with E-state index in [0.717, 1.165) is 12.1 Å². The highest BCUT2D eigenvalue weighted by Crippen LogP contribution is 2.27. The molecule has 0 spiro atoms. The zero-order valence-electron chi connectivity index (χ0n) is 15.1. The number of likely N-dealkylation sites (tertiary alicyclic amines) is 2. The molecule has 0 aromatic heterocycles. The molecule has 128 valence electrons. The number of hydrogen-bond donors (Lipinski definition) is 1. The molecule has 4 heteroatoms. The van der Waals surface area contributed by atoms with E-state index in [1.165, 1.54) is 58.4 Å². The van der Waals surface area contributed by atoms with Crippen LogP contribution in [-0.4, -0.2) is 84.7 Å². The monoisotopic (exact) mass is 308 g/mol. The molecule has 4 atom stereocenters. The molecule has 4 unspecified atom stereocenters. The lowest BCUT2D eigenvalue weighted by Gasteiger charge is -2.41. The molecule has 3 saturated heterocycles.